The van der Waals surface area contributed by atoms with Gasteiger partial charge in [-0.15, -0.1) is 0 Å². The summed E-state index contributed by atoms with van der Waals surface area (Å²) in [6, 6.07) is 7.52. The van der Waals surface area contributed by atoms with Crippen LogP contribution in [-0.4, -0.2) is 49.3 Å². The van der Waals surface area contributed by atoms with E-state index < -0.39 is 45.6 Å². The molecular weight excluding hydrogens is 478 g/mol. The van der Waals surface area contributed by atoms with Gasteiger partial charge in [0.15, 0.2) is 9.84 Å². The monoisotopic (exact) mass is 508 g/mol. The lowest BCUT2D eigenvalue weighted by Crippen LogP contribution is -2.49. The van der Waals surface area contributed by atoms with E-state index in [9.17, 15) is 32.2 Å². The zero-order valence-electron chi connectivity index (χ0n) is 19.6. The number of sulfone groups is 1. The molecule has 1 heterocycles. The van der Waals surface area contributed by atoms with Crippen LogP contribution in [0.15, 0.2) is 41.8 Å². The van der Waals surface area contributed by atoms with Crippen molar-refractivity contribution in [1.29, 1.82) is 0 Å². The number of aliphatic hydroxyl groups is 2. The van der Waals surface area contributed by atoms with Crippen molar-refractivity contribution >= 4 is 21.4 Å². The quantitative estimate of drug-likeness (QED) is 0.391. The molecule has 2 aromatic rings. The average Bonchev–Trinajstić information content (AvgIpc) is 2.74. The molecule has 10 heteroatoms. The summed E-state index contributed by atoms with van der Waals surface area (Å²) in [6.45, 7) is 3.28. The number of carbonyl (C=O) groups excluding carboxylic acids is 1. The smallest absolute Gasteiger partial charge is 0.222 e. The average molecular weight is 509 g/mol. The summed E-state index contributed by atoms with van der Waals surface area (Å²) in [4.78, 5) is 12.3. The van der Waals surface area contributed by atoms with Crippen molar-refractivity contribution in [3.63, 3.8) is 0 Å². The molecule has 3 atom stereocenters. The van der Waals surface area contributed by atoms with Gasteiger partial charge < -0.3 is 20.8 Å². The highest BCUT2D eigenvalue weighted by Crippen LogP contribution is 2.28. The molecule has 35 heavy (non-hydrogen) atoms. The molecule has 0 aromatic heterocycles. The highest BCUT2D eigenvalue weighted by molar-refractivity contribution is 7.93. The second-order valence-corrected chi connectivity index (χ2v) is 10.7. The van der Waals surface area contributed by atoms with Crippen LogP contribution in [-0.2, 0) is 33.2 Å². The van der Waals surface area contributed by atoms with Gasteiger partial charge in [-0.25, -0.2) is 17.2 Å². The summed E-state index contributed by atoms with van der Waals surface area (Å²) in [7, 11) is -3.51. The fraction of sp³-hybridized carbons (Fsp3) is 0.400. The summed E-state index contributed by atoms with van der Waals surface area (Å²) in [6.07, 6.45) is -1.71. The molecule has 0 aliphatic carbocycles. The molecule has 7 nitrogen and oxygen atoms in total. The zero-order chi connectivity index (χ0) is 25.8. The van der Waals surface area contributed by atoms with Crippen molar-refractivity contribution < 1.29 is 32.2 Å². The first kappa shape index (κ1) is 26.8. The van der Waals surface area contributed by atoms with Gasteiger partial charge in [0.25, 0.3) is 0 Å². The molecule has 0 saturated heterocycles. The number of aryl methyl sites for hydroxylation is 1. The van der Waals surface area contributed by atoms with Gasteiger partial charge in [0.05, 0.1) is 41.5 Å². The molecule has 4 N–H and O–H groups in total. The minimum Gasteiger partial charge on any atom is -0.393 e. The van der Waals surface area contributed by atoms with Gasteiger partial charge in [-0.1, -0.05) is 19.1 Å². The first-order valence-electron chi connectivity index (χ1n) is 11.4. The molecule has 3 rings (SSSR count). The Balaban J connectivity index is 1.81. The van der Waals surface area contributed by atoms with E-state index in [1.807, 2.05) is 19.1 Å². The molecule has 190 valence electrons. The summed E-state index contributed by atoms with van der Waals surface area (Å²) >= 11 is 0. The fourth-order valence-electron chi connectivity index (χ4n) is 4.02. The number of fused-ring (bicyclic) bond motifs is 1. The summed E-state index contributed by atoms with van der Waals surface area (Å²) in [5, 5.41) is 27.1. The van der Waals surface area contributed by atoms with Crippen LogP contribution in [0.4, 0.5) is 8.78 Å². The molecule has 1 amide bonds. The Morgan fingerprint density at radius 1 is 1.09 bits per heavy atom. The van der Waals surface area contributed by atoms with Crippen LogP contribution in [0.5, 0.6) is 0 Å². The largest absolute Gasteiger partial charge is 0.393 e. The molecule has 2 aromatic carbocycles. The number of aliphatic hydroxyl groups excluding tert-OH is 2. The normalized spacial score (nSPS) is 17.0. The van der Waals surface area contributed by atoms with Gasteiger partial charge in [0.2, 0.25) is 5.91 Å². The highest BCUT2D eigenvalue weighted by Gasteiger charge is 2.26. The number of rotatable bonds is 10. The summed E-state index contributed by atoms with van der Waals surface area (Å²) < 4.78 is 52.1. The number of hydrogen-bond acceptors (Lipinski definition) is 6. The van der Waals surface area contributed by atoms with Crippen molar-refractivity contribution in [1.82, 2.24) is 10.6 Å². The van der Waals surface area contributed by atoms with E-state index in [4.69, 9.17) is 0 Å². The second kappa shape index (κ2) is 11.3. The lowest BCUT2D eigenvalue weighted by molar-refractivity contribution is -0.124. The van der Waals surface area contributed by atoms with Crippen molar-refractivity contribution in [3.8, 4) is 0 Å². The molecule has 0 spiro atoms. The number of carbonyl (C=O) groups is 1. The van der Waals surface area contributed by atoms with Crippen molar-refractivity contribution in [3.05, 3.63) is 75.7 Å². The van der Waals surface area contributed by atoms with Crippen molar-refractivity contribution in [2.24, 2.45) is 0 Å². The van der Waals surface area contributed by atoms with Crippen LogP contribution in [0, 0.1) is 11.6 Å². The van der Waals surface area contributed by atoms with E-state index in [0.29, 0.717) is 16.8 Å². The van der Waals surface area contributed by atoms with E-state index in [1.54, 1.807) is 6.07 Å². The Kier molecular flexibility index (Phi) is 8.63. The Hall–Kier alpha value is -2.82. The number of benzene rings is 2. The van der Waals surface area contributed by atoms with E-state index >= 15 is 0 Å². The molecule has 3 unspecified atom stereocenters. The topological polar surface area (TPSA) is 116 Å². The van der Waals surface area contributed by atoms with Gasteiger partial charge in [0.1, 0.15) is 11.6 Å². The summed E-state index contributed by atoms with van der Waals surface area (Å²) in [5.74, 6) is -2.24. The standard InChI is InChI=1S/C25H30F2N2O5S/c1-3-16-4-5-18-13-35(33,34)14-23(21(18)9-16)28-12-24(31)22(29-25(32)6-15(2)30)10-17-7-19(26)11-20(27)8-17/h4-5,7-9,11,14-15,22,24,28,30-31H,3,6,10,12-13H2,1-2H3,(H,29,32). The van der Waals surface area contributed by atoms with Gasteiger partial charge in [0, 0.05) is 18.2 Å². The van der Waals surface area contributed by atoms with E-state index in [-0.39, 0.29) is 30.7 Å². The molecule has 1 aliphatic heterocycles. The first-order chi connectivity index (χ1) is 16.5. The number of halogens is 2. The Bertz CT molecular complexity index is 1190. The molecule has 1 aliphatic rings. The van der Waals surface area contributed by atoms with Crippen LogP contribution in [0.1, 0.15) is 42.5 Å². The lowest BCUT2D eigenvalue weighted by atomic mass is 9.99. The SMILES string of the molecule is CCc1ccc2c(c1)C(NCC(O)C(Cc1cc(F)cc(F)c1)NC(=O)CC(C)O)=CS(=O)(=O)C2. The van der Waals surface area contributed by atoms with Gasteiger partial charge in [-0.2, -0.15) is 0 Å². The van der Waals surface area contributed by atoms with Gasteiger partial charge >= 0.3 is 0 Å². The third-order valence-corrected chi connectivity index (χ3v) is 7.01. The first-order valence-corrected chi connectivity index (χ1v) is 13.1. The predicted octanol–water partition coefficient (Wildman–Crippen LogP) is 2.20. The third-order valence-electron chi connectivity index (χ3n) is 5.70. The number of hydrogen-bond donors (Lipinski definition) is 4. The van der Waals surface area contributed by atoms with Crippen LogP contribution in [0.3, 0.4) is 0 Å². The molecule has 0 fully saturated rings. The second-order valence-electron chi connectivity index (χ2n) is 8.84. The minimum atomic E-state index is -3.51. The maximum atomic E-state index is 13.7. The molecule has 0 bridgehead atoms. The Labute approximate surface area is 203 Å². The van der Waals surface area contributed by atoms with E-state index in [2.05, 4.69) is 10.6 Å². The van der Waals surface area contributed by atoms with Crippen molar-refractivity contribution in [2.75, 3.05) is 6.54 Å². The van der Waals surface area contributed by atoms with Gasteiger partial charge in [-0.3, -0.25) is 4.79 Å². The van der Waals surface area contributed by atoms with Gasteiger partial charge in [-0.05, 0) is 54.7 Å². The van der Waals surface area contributed by atoms with Crippen LogP contribution < -0.4 is 10.6 Å². The highest BCUT2D eigenvalue weighted by atomic mass is 32.2. The van der Waals surface area contributed by atoms with Crippen LogP contribution in [0.25, 0.3) is 5.70 Å². The van der Waals surface area contributed by atoms with Crippen LogP contribution in [0.2, 0.25) is 0 Å². The maximum absolute atomic E-state index is 13.7. The predicted molar refractivity (Wildman–Crippen MR) is 129 cm³/mol. The van der Waals surface area contributed by atoms with Crippen LogP contribution >= 0.6 is 0 Å². The zero-order valence-corrected chi connectivity index (χ0v) is 20.4. The maximum Gasteiger partial charge on any atom is 0.222 e. The third kappa shape index (κ3) is 7.58. The Morgan fingerprint density at radius 3 is 2.40 bits per heavy atom. The Morgan fingerprint density at radius 2 is 1.77 bits per heavy atom. The van der Waals surface area contributed by atoms with Crippen molar-refractivity contribution in [2.45, 2.75) is 57.1 Å². The number of nitrogens with one attached hydrogen (secondary N) is 2. The summed E-state index contributed by atoms with van der Waals surface area (Å²) in [5.41, 5.74) is 2.92. The molecule has 0 radical (unpaired) electrons. The lowest BCUT2D eigenvalue weighted by Gasteiger charge is -2.27. The van der Waals surface area contributed by atoms with E-state index in [1.165, 1.54) is 6.92 Å². The fourth-order valence-corrected chi connectivity index (χ4v) is 5.35. The number of amides is 1. The molecular formula is C25H30F2N2O5S. The molecule has 0 saturated carbocycles. The minimum absolute atomic E-state index is 0.0863. The van der Waals surface area contributed by atoms with E-state index in [0.717, 1.165) is 35.6 Å².